The Morgan fingerprint density at radius 3 is 2.43 bits per heavy atom. The highest BCUT2D eigenvalue weighted by molar-refractivity contribution is 6.07. The molecule has 1 unspecified atom stereocenters. The van der Waals surface area contributed by atoms with E-state index in [0.29, 0.717) is 25.1 Å². The summed E-state index contributed by atoms with van der Waals surface area (Å²) in [4.78, 5) is 42.2. The van der Waals surface area contributed by atoms with Crippen LogP contribution in [0.1, 0.15) is 51.9 Å². The van der Waals surface area contributed by atoms with Crippen LogP contribution < -0.4 is 21.3 Å². The lowest BCUT2D eigenvalue weighted by atomic mass is 9.79. The van der Waals surface area contributed by atoms with Gasteiger partial charge in [-0.25, -0.2) is 4.79 Å². The van der Waals surface area contributed by atoms with Gasteiger partial charge in [-0.15, -0.1) is 0 Å². The third kappa shape index (κ3) is 4.56. The van der Waals surface area contributed by atoms with Crippen molar-refractivity contribution in [3.05, 3.63) is 0 Å². The number of aliphatic imine (C=N–C) groups is 1. The van der Waals surface area contributed by atoms with Crippen LogP contribution in [-0.4, -0.2) is 67.0 Å². The van der Waals surface area contributed by atoms with E-state index < -0.39 is 11.6 Å². The lowest BCUT2D eigenvalue weighted by Crippen LogP contribution is -2.56. The number of nitrogens with zero attached hydrogens (tertiary/aromatic N) is 2. The molecule has 9 nitrogen and oxygen atoms in total. The number of guanidine groups is 1. The van der Waals surface area contributed by atoms with Gasteiger partial charge in [-0.2, -0.15) is 0 Å². The van der Waals surface area contributed by atoms with Crippen LogP contribution in [0.3, 0.4) is 0 Å². The van der Waals surface area contributed by atoms with Gasteiger partial charge in [0.25, 0.3) is 5.91 Å². The zero-order valence-electron chi connectivity index (χ0n) is 16.8. The fourth-order valence-electron chi connectivity index (χ4n) is 4.53. The number of likely N-dealkylation sites (tertiary alicyclic amines) is 1. The number of piperidine rings is 1. The van der Waals surface area contributed by atoms with Gasteiger partial charge in [0.15, 0.2) is 5.96 Å². The maximum Gasteiger partial charge on any atom is 0.322 e. The quantitative estimate of drug-likeness (QED) is 0.313. The predicted octanol–water partition coefficient (Wildman–Crippen LogP) is 0.321. The van der Waals surface area contributed by atoms with Crippen molar-refractivity contribution in [2.75, 3.05) is 26.7 Å². The maximum atomic E-state index is 12.2. The molecule has 4 amide bonds. The van der Waals surface area contributed by atoms with E-state index in [-0.39, 0.29) is 24.3 Å². The number of hydrogen-bond donors (Lipinski definition) is 4. The fourth-order valence-corrected chi connectivity index (χ4v) is 4.53. The van der Waals surface area contributed by atoms with Gasteiger partial charge >= 0.3 is 6.03 Å². The van der Waals surface area contributed by atoms with Crippen molar-refractivity contribution in [2.24, 2.45) is 10.9 Å². The Morgan fingerprint density at radius 2 is 1.86 bits per heavy atom. The lowest BCUT2D eigenvalue weighted by Gasteiger charge is -2.39. The van der Waals surface area contributed by atoms with Crippen molar-refractivity contribution < 1.29 is 14.4 Å². The zero-order valence-corrected chi connectivity index (χ0v) is 16.8. The minimum Gasteiger partial charge on any atom is -0.352 e. The lowest BCUT2D eigenvalue weighted by molar-refractivity contribution is -0.126. The first-order chi connectivity index (χ1) is 13.4. The molecule has 3 aliphatic rings. The van der Waals surface area contributed by atoms with E-state index in [4.69, 9.17) is 0 Å². The van der Waals surface area contributed by atoms with E-state index in [9.17, 15) is 14.4 Å². The van der Waals surface area contributed by atoms with Crippen LogP contribution in [0.4, 0.5) is 4.79 Å². The summed E-state index contributed by atoms with van der Waals surface area (Å²) in [7, 11) is 1.71. The Morgan fingerprint density at radius 1 is 1.18 bits per heavy atom. The molecule has 0 bridgehead atoms. The summed E-state index contributed by atoms with van der Waals surface area (Å²) in [5.41, 5.74) is -0.847. The second-order valence-corrected chi connectivity index (χ2v) is 8.18. The van der Waals surface area contributed by atoms with Crippen LogP contribution >= 0.6 is 0 Å². The average Bonchev–Trinajstić information content (AvgIpc) is 2.96. The molecule has 28 heavy (non-hydrogen) atoms. The SMILES string of the molecule is CN=C(NCC(=O)NC1CCCCC1)N1CCC(C2(C)NC(=O)NC2=O)CC1. The molecule has 1 atom stereocenters. The van der Waals surface area contributed by atoms with Gasteiger partial charge in [-0.1, -0.05) is 19.3 Å². The Kier molecular flexibility index (Phi) is 6.41. The number of urea groups is 1. The Balaban J connectivity index is 1.45. The van der Waals surface area contributed by atoms with Crippen LogP contribution in [0.25, 0.3) is 0 Å². The minimum absolute atomic E-state index is 0.000728. The maximum absolute atomic E-state index is 12.2. The van der Waals surface area contributed by atoms with Crippen molar-refractivity contribution in [2.45, 2.75) is 63.5 Å². The smallest absolute Gasteiger partial charge is 0.322 e. The van der Waals surface area contributed by atoms with Gasteiger partial charge in [0, 0.05) is 26.2 Å². The summed E-state index contributed by atoms with van der Waals surface area (Å²) >= 11 is 0. The zero-order chi connectivity index (χ0) is 20.1. The van der Waals surface area contributed by atoms with E-state index in [2.05, 4.69) is 31.2 Å². The van der Waals surface area contributed by atoms with Crippen LogP contribution in [0.15, 0.2) is 4.99 Å². The predicted molar refractivity (Wildman–Crippen MR) is 106 cm³/mol. The van der Waals surface area contributed by atoms with Gasteiger partial charge in [0.05, 0.1) is 6.54 Å². The molecule has 3 fully saturated rings. The number of hydrogen-bond acceptors (Lipinski definition) is 4. The number of amides is 4. The number of rotatable bonds is 4. The van der Waals surface area contributed by atoms with Gasteiger partial charge in [0.1, 0.15) is 5.54 Å². The molecule has 2 heterocycles. The molecule has 1 aliphatic carbocycles. The second-order valence-electron chi connectivity index (χ2n) is 8.18. The van der Waals surface area contributed by atoms with E-state index >= 15 is 0 Å². The van der Waals surface area contributed by atoms with E-state index in [1.54, 1.807) is 14.0 Å². The minimum atomic E-state index is -0.847. The summed E-state index contributed by atoms with van der Waals surface area (Å²) < 4.78 is 0. The van der Waals surface area contributed by atoms with E-state index in [0.717, 1.165) is 25.7 Å². The van der Waals surface area contributed by atoms with Crippen molar-refractivity contribution in [3.8, 4) is 0 Å². The second kappa shape index (κ2) is 8.79. The molecule has 0 aromatic rings. The van der Waals surface area contributed by atoms with Crippen LogP contribution in [-0.2, 0) is 9.59 Å². The number of nitrogens with one attached hydrogen (secondary N) is 4. The standard InChI is InChI=1S/C19H32N6O3/c1-19(16(27)23-18(28)24-19)13-8-10-25(11-9-13)17(20-2)21-12-15(26)22-14-6-4-3-5-7-14/h13-14H,3-12H2,1-2H3,(H,20,21)(H,22,26)(H2,23,24,27,28). The molecule has 0 spiro atoms. The molecule has 0 aromatic heterocycles. The molecule has 9 heteroatoms. The van der Waals surface area contributed by atoms with Crippen LogP contribution in [0, 0.1) is 5.92 Å². The van der Waals surface area contributed by atoms with E-state index in [1.807, 2.05) is 0 Å². The molecule has 3 rings (SSSR count). The van der Waals surface area contributed by atoms with Crippen molar-refractivity contribution >= 4 is 23.8 Å². The monoisotopic (exact) mass is 392 g/mol. The number of carbonyl (C=O) groups is 3. The molecule has 156 valence electrons. The van der Waals surface area contributed by atoms with Gasteiger partial charge in [-0.3, -0.25) is 19.9 Å². The van der Waals surface area contributed by atoms with Gasteiger partial charge in [-0.05, 0) is 38.5 Å². The summed E-state index contributed by atoms with van der Waals surface area (Å²) in [6.07, 6.45) is 7.29. The number of carbonyl (C=O) groups excluding carboxylic acids is 3. The molecule has 2 saturated heterocycles. The first-order valence-electron chi connectivity index (χ1n) is 10.3. The van der Waals surface area contributed by atoms with E-state index in [1.165, 1.54) is 19.3 Å². The molecular formula is C19H32N6O3. The fraction of sp³-hybridized carbons (Fsp3) is 0.789. The molecular weight excluding hydrogens is 360 g/mol. The average molecular weight is 393 g/mol. The summed E-state index contributed by atoms with van der Waals surface area (Å²) in [6, 6.07) is -0.120. The third-order valence-electron chi connectivity index (χ3n) is 6.27. The molecule has 2 aliphatic heterocycles. The highest BCUT2D eigenvalue weighted by Gasteiger charge is 2.48. The third-order valence-corrected chi connectivity index (χ3v) is 6.27. The first-order valence-corrected chi connectivity index (χ1v) is 10.3. The van der Waals surface area contributed by atoms with Crippen molar-refractivity contribution in [1.82, 2.24) is 26.2 Å². The van der Waals surface area contributed by atoms with Crippen molar-refractivity contribution in [3.63, 3.8) is 0 Å². The number of imide groups is 1. The normalized spacial score (nSPS) is 27.4. The highest BCUT2D eigenvalue weighted by atomic mass is 16.2. The molecule has 1 saturated carbocycles. The highest BCUT2D eigenvalue weighted by Crippen LogP contribution is 2.30. The van der Waals surface area contributed by atoms with Gasteiger partial charge < -0.3 is 20.9 Å². The topological polar surface area (TPSA) is 115 Å². The van der Waals surface area contributed by atoms with Crippen LogP contribution in [0.2, 0.25) is 0 Å². The van der Waals surface area contributed by atoms with Crippen LogP contribution in [0.5, 0.6) is 0 Å². The molecule has 0 aromatic carbocycles. The molecule has 0 radical (unpaired) electrons. The summed E-state index contributed by atoms with van der Waals surface area (Å²) in [6.45, 7) is 3.43. The Labute approximate surface area is 166 Å². The molecule has 4 N–H and O–H groups in total. The largest absolute Gasteiger partial charge is 0.352 e. The summed E-state index contributed by atoms with van der Waals surface area (Å²) in [5, 5.41) is 11.4. The Hall–Kier alpha value is -2.32. The van der Waals surface area contributed by atoms with Crippen molar-refractivity contribution in [1.29, 1.82) is 0 Å². The Bertz CT molecular complexity index is 638. The van der Waals surface area contributed by atoms with Gasteiger partial charge in [0.2, 0.25) is 5.91 Å². The summed E-state index contributed by atoms with van der Waals surface area (Å²) in [5.74, 6) is 0.517. The first kappa shape index (κ1) is 20.4.